The van der Waals surface area contributed by atoms with E-state index in [2.05, 4.69) is 15.6 Å². The van der Waals surface area contributed by atoms with Crippen molar-refractivity contribution in [3.8, 4) is 11.3 Å². The molecule has 2 N–H and O–H groups in total. The van der Waals surface area contributed by atoms with Crippen molar-refractivity contribution < 1.29 is 18.8 Å². The molecular weight excluding hydrogens is 336 g/mol. The first-order valence-electron chi connectivity index (χ1n) is 8.42. The number of oxazole rings is 1. The number of hydrogen-bond acceptors (Lipinski definition) is 5. The van der Waals surface area contributed by atoms with Gasteiger partial charge in [0.05, 0.1) is 6.20 Å². The normalized spacial score (nSPS) is 15.8. The molecule has 1 fully saturated rings. The minimum atomic E-state index is -0.907. The number of rotatable bonds is 6. The molecule has 0 saturated carbocycles. The Hall–Kier alpha value is -3.16. The van der Waals surface area contributed by atoms with Crippen molar-refractivity contribution in [2.24, 2.45) is 0 Å². The van der Waals surface area contributed by atoms with Crippen LogP contribution in [0, 0.1) is 0 Å². The molecule has 8 nitrogen and oxygen atoms in total. The lowest BCUT2D eigenvalue weighted by Gasteiger charge is -2.23. The Morgan fingerprint density at radius 2 is 1.92 bits per heavy atom. The Kier molecular flexibility index (Phi) is 4.75. The molecule has 26 heavy (non-hydrogen) atoms. The van der Waals surface area contributed by atoms with Gasteiger partial charge in [-0.25, -0.2) is 9.78 Å². The van der Waals surface area contributed by atoms with Crippen molar-refractivity contribution in [3.63, 3.8) is 0 Å². The first-order chi connectivity index (χ1) is 12.5. The average molecular weight is 356 g/mol. The van der Waals surface area contributed by atoms with Crippen LogP contribution >= 0.6 is 0 Å². The summed E-state index contributed by atoms with van der Waals surface area (Å²) in [6.07, 6.45) is 3.90. The van der Waals surface area contributed by atoms with E-state index in [-0.39, 0.29) is 12.5 Å². The number of nitrogens with one attached hydrogen (secondary N) is 2. The Balaban J connectivity index is 1.64. The highest BCUT2D eigenvalue weighted by molar-refractivity contribution is 6.10. The predicted octanol–water partition coefficient (Wildman–Crippen LogP) is 2.39. The summed E-state index contributed by atoms with van der Waals surface area (Å²) >= 11 is 0. The molecule has 1 aliphatic rings. The molecule has 8 heteroatoms. The van der Waals surface area contributed by atoms with Crippen LogP contribution in [0.4, 0.5) is 10.5 Å². The van der Waals surface area contributed by atoms with Gasteiger partial charge in [0.1, 0.15) is 12.1 Å². The van der Waals surface area contributed by atoms with Crippen molar-refractivity contribution in [1.29, 1.82) is 0 Å². The SMILES string of the molecule is CCC1(CC)NC(=O)N(CC(=O)Nc2ccc(-c3cnco3)cc2)C1=O. The Labute approximate surface area is 150 Å². The second-order valence-corrected chi connectivity index (χ2v) is 6.10. The second kappa shape index (κ2) is 6.99. The topological polar surface area (TPSA) is 105 Å². The average Bonchev–Trinajstić information content (AvgIpc) is 3.25. The molecule has 0 radical (unpaired) electrons. The highest BCUT2D eigenvalue weighted by atomic mass is 16.3. The number of carbonyl (C=O) groups is 3. The van der Waals surface area contributed by atoms with E-state index in [1.54, 1.807) is 30.5 Å². The van der Waals surface area contributed by atoms with Crippen LogP contribution in [0.5, 0.6) is 0 Å². The maximum atomic E-state index is 12.5. The zero-order chi connectivity index (χ0) is 18.7. The molecule has 3 rings (SSSR count). The van der Waals surface area contributed by atoms with Crippen LogP contribution in [0.25, 0.3) is 11.3 Å². The summed E-state index contributed by atoms with van der Waals surface area (Å²) in [5.41, 5.74) is 0.476. The van der Waals surface area contributed by atoms with E-state index in [4.69, 9.17) is 4.42 Å². The summed E-state index contributed by atoms with van der Waals surface area (Å²) in [5.74, 6) is -0.176. The summed E-state index contributed by atoms with van der Waals surface area (Å²) in [4.78, 5) is 41.7. The molecule has 1 saturated heterocycles. The van der Waals surface area contributed by atoms with E-state index in [1.807, 2.05) is 13.8 Å². The number of amides is 4. The number of nitrogens with zero attached hydrogens (tertiary/aromatic N) is 2. The molecule has 1 aromatic carbocycles. The number of carbonyl (C=O) groups excluding carboxylic acids is 3. The van der Waals surface area contributed by atoms with E-state index in [0.717, 1.165) is 10.5 Å². The van der Waals surface area contributed by atoms with E-state index in [1.165, 1.54) is 6.39 Å². The van der Waals surface area contributed by atoms with E-state index in [9.17, 15) is 14.4 Å². The third-order valence-electron chi connectivity index (χ3n) is 4.64. The molecule has 0 spiro atoms. The second-order valence-electron chi connectivity index (χ2n) is 6.10. The van der Waals surface area contributed by atoms with Gasteiger partial charge < -0.3 is 15.1 Å². The van der Waals surface area contributed by atoms with Gasteiger partial charge in [0.2, 0.25) is 5.91 Å². The Bertz CT molecular complexity index is 810. The van der Waals surface area contributed by atoms with Gasteiger partial charge in [0.25, 0.3) is 5.91 Å². The molecule has 0 atom stereocenters. The third kappa shape index (κ3) is 3.17. The summed E-state index contributed by atoms with van der Waals surface area (Å²) < 4.78 is 5.21. The van der Waals surface area contributed by atoms with Gasteiger partial charge in [-0.15, -0.1) is 0 Å². The first-order valence-corrected chi connectivity index (χ1v) is 8.42. The molecule has 1 aromatic heterocycles. The number of aromatic nitrogens is 1. The number of hydrogen-bond donors (Lipinski definition) is 2. The van der Waals surface area contributed by atoms with E-state index >= 15 is 0 Å². The maximum absolute atomic E-state index is 12.5. The molecule has 1 aliphatic heterocycles. The van der Waals surface area contributed by atoms with Gasteiger partial charge in [-0.2, -0.15) is 0 Å². The lowest BCUT2D eigenvalue weighted by molar-refractivity contribution is -0.134. The summed E-state index contributed by atoms with van der Waals surface area (Å²) in [5, 5.41) is 5.39. The third-order valence-corrected chi connectivity index (χ3v) is 4.64. The first kappa shape index (κ1) is 17.7. The highest BCUT2D eigenvalue weighted by Gasteiger charge is 2.49. The van der Waals surface area contributed by atoms with Gasteiger partial charge in [0.15, 0.2) is 12.2 Å². The number of anilines is 1. The summed E-state index contributed by atoms with van der Waals surface area (Å²) in [7, 11) is 0. The van der Waals surface area contributed by atoms with Gasteiger partial charge in [-0.1, -0.05) is 13.8 Å². The van der Waals surface area contributed by atoms with Crippen LogP contribution in [0.2, 0.25) is 0 Å². The highest BCUT2D eigenvalue weighted by Crippen LogP contribution is 2.25. The minimum Gasteiger partial charge on any atom is -0.444 e. The van der Waals surface area contributed by atoms with E-state index in [0.29, 0.717) is 24.3 Å². The van der Waals surface area contributed by atoms with Crippen molar-refractivity contribution in [1.82, 2.24) is 15.2 Å². The largest absolute Gasteiger partial charge is 0.444 e. The zero-order valence-electron chi connectivity index (χ0n) is 14.6. The monoisotopic (exact) mass is 356 g/mol. The van der Waals surface area contributed by atoms with Crippen LogP contribution in [0.15, 0.2) is 41.3 Å². The van der Waals surface area contributed by atoms with Crippen molar-refractivity contribution >= 4 is 23.5 Å². The molecule has 2 heterocycles. The number of imide groups is 1. The molecule has 0 bridgehead atoms. The van der Waals surface area contributed by atoms with Crippen LogP contribution in [0.3, 0.4) is 0 Å². The number of benzene rings is 1. The van der Waals surface area contributed by atoms with Gasteiger partial charge in [0, 0.05) is 11.3 Å². The summed E-state index contributed by atoms with van der Waals surface area (Å²) in [6.45, 7) is 3.35. The minimum absolute atomic E-state index is 0.323. The molecule has 136 valence electrons. The van der Waals surface area contributed by atoms with Crippen LogP contribution in [0.1, 0.15) is 26.7 Å². The standard InChI is InChI=1S/C18H20N4O4/c1-3-18(4-2)16(24)22(17(25)21-18)10-15(23)20-13-7-5-12(6-8-13)14-9-19-11-26-14/h5-9,11H,3-4,10H2,1-2H3,(H,20,23)(H,21,25). The lowest BCUT2D eigenvalue weighted by atomic mass is 9.93. The maximum Gasteiger partial charge on any atom is 0.325 e. The molecule has 0 unspecified atom stereocenters. The smallest absolute Gasteiger partial charge is 0.325 e. The quantitative estimate of drug-likeness (QED) is 0.773. The van der Waals surface area contributed by atoms with Crippen molar-refractivity contribution in [3.05, 3.63) is 36.9 Å². The van der Waals surface area contributed by atoms with Crippen LogP contribution < -0.4 is 10.6 Å². The predicted molar refractivity (Wildman–Crippen MR) is 94.1 cm³/mol. The molecule has 4 amide bonds. The van der Waals surface area contributed by atoms with Crippen molar-refractivity contribution in [2.75, 3.05) is 11.9 Å². The lowest BCUT2D eigenvalue weighted by Crippen LogP contribution is -2.46. The van der Waals surface area contributed by atoms with Crippen molar-refractivity contribution in [2.45, 2.75) is 32.2 Å². The fourth-order valence-electron chi connectivity index (χ4n) is 2.97. The zero-order valence-corrected chi connectivity index (χ0v) is 14.6. The van der Waals surface area contributed by atoms with E-state index < -0.39 is 17.5 Å². The summed E-state index contributed by atoms with van der Waals surface area (Å²) in [6, 6.07) is 6.45. The molecule has 0 aliphatic carbocycles. The van der Waals surface area contributed by atoms with Gasteiger partial charge in [-0.05, 0) is 37.1 Å². The fraction of sp³-hybridized carbons (Fsp3) is 0.333. The van der Waals surface area contributed by atoms with Gasteiger partial charge in [-0.3, -0.25) is 14.5 Å². The van der Waals surface area contributed by atoms with Crippen LogP contribution in [-0.4, -0.2) is 39.8 Å². The van der Waals surface area contributed by atoms with Crippen LogP contribution in [-0.2, 0) is 9.59 Å². The fourth-order valence-corrected chi connectivity index (χ4v) is 2.97. The molecule has 2 aromatic rings. The Morgan fingerprint density at radius 1 is 1.23 bits per heavy atom. The molecular formula is C18H20N4O4. The Morgan fingerprint density at radius 3 is 2.46 bits per heavy atom. The number of urea groups is 1. The van der Waals surface area contributed by atoms with Gasteiger partial charge >= 0.3 is 6.03 Å².